The van der Waals surface area contributed by atoms with Crippen LogP contribution in [0.5, 0.6) is 0 Å². The molecule has 1 saturated heterocycles. The molecule has 3 amide bonds. The Bertz CT molecular complexity index is 1130. The van der Waals surface area contributed by atoms with Gasteiger partial charge in [0.1, 0.15) is 12.1 Å². The van der Waals surface area contributed by atoms with Gasteiger partial charge in [-0.3, -0.25) is 14.4 Å². The number of hydrogen-bond donors (Lipinski definition) is 3. The van der Waals surface area contributed by atoms with Crippen molar-refractivity contribution in [1.29, 1.82) is 0 Å². The molecule has 0 spiro atoms. The first-order valence-electron chi connectivity index (χ1n) is 14.1. The number of nitrogens with one attached hydrogen (secondary N) is 2. The Hall–Kier alpha value is -2.49. The summed E-state index contributed by atoms with van der Waals surface area (Å²) in [4.78, 5) is 46.5. The van der Waals surface area contributed by atoms with Crippen LogP contribution in [0.2, 0.25) is 0 Å². The van der Waals surface area contributed by atoms with E-state index in [9.17, 15) is 19.5 Å². The lowest BCUT2D eigenvalue weighted by Gasteiger charge is -2.35. The summed E-state index contributed by atoms with van der Waals surface area (Å²) in [5, 5.41) is 16.2. The lowest BCUT2D eigenvalue weighted by atomic mass is 9.85. The summed E-state index contributed by atoms with van der Waals surface area (Å²) in [5.41, 5.74) is 4.24. The van der Waals surface area contributed by atoms with Crippen molar-refractivity contribution in [3.8, 4) is 10.4 Å². The van der Waals surface area contributed by atoms with Crippen molar-refractivity contribution in [2.24, 2.45) is 5.41 Å². The third-order valence-corrected chi connectivity index (χ3v) is 8.49. The highest BCUT2D eigenvalue weighted by Crippen LogP contribution is 2.28. The van der Waals surface area contributed by atoms with Crippen LogP contribution in [0.25, 0.3) is 10.4 Å². The number of aliphatic hydroxyl groups is 1. The van der Waals surface area contributed by atoms with E-state index in [0.29, 0.717) is 18.8 Å². The van der Waals surface area contributed by atoms with Crippen molar-refractivity contribution in [3.05, 3.63) is 41.0 Å². The van der Waals surface area contributed by atoms with Crippen molar-refractivity contribution >= 4 is 40.7 Å². The Morgan fingerprint density at radius 2 is 1.80 bits per heavy atom. The Morgan fingerprint density at radius 1 is 1.12 bits per heavy atom. The van der Waals surface area contributed by atoms with Gasteiger partial charge in [-0.05, 0) is 36.3 Å². The Morgan fingerprint density at radius 3 is 2.42 bits per heavy atom. The molecule has 8 nitrogen and oxygen atoms in total. The molecule has 40 heavy (non-hydrogen) atoms. The Labute approximate surface area is 246 Å². The fourth-order valence-electron chi connectivity index (χ4n) is 4.92. The van der Waals surface area contributed by atoms with Crippen LogP contribution in [0.3, 0.4) is 0 Å². The second kappa shape index (κ2) is 14.9. The smallest absolute Gasteiger partial charge is 0.246 e. The minimum Gasteiger partial charge on any atom is -0.391 e. The summed E-state index contributed by atoms with van der Waals surface area (Å²) in [6.07, 6.45) is 4.44. The maximum Gasteiger partial charge on any atom is 0.246 e. The lowest BCUT2D eigenvalue weighted by molar-refractivity contribution is -0.144. The largest absolute Gasteiger partial charge is 0.391 e. The monoisotopic (exact) mass is 590 g/mol. The third-order valence-electron chi connectivity index (χ3n) is 7.25. The minimum absolute atomic E-state index is 0.0584. The first-order valence-corrected chi connectivity index (χ1v) is 15.5. The Balaban J connectivity index is 1.59. The fraction of sp³-hybridized carbons (Fsp3) is 0.600. The number of alkyl halides is 1. The molecule has 2 heterocycles. The maximum absolute atomic E-state index is 13.7. The zero-order chi connectivity index (χ0) is 29.3. The highest BCUT2D eigenvalue weighted by atomic mass is 35.5. The van der Waals surface area contributed by atoms with E-state index in [0.717, 1.165) is 53.8 Å². The zero-order valence-corrected chi connectivity index (χ0v) is 25.6. The van der Waals surface area contributed by atoms with E-state index in [1.807, 2.05) is 57.5 Å². The van der Waals surface area contributed by atoms with Crippen LogP contribution in [-0.4, -0.2) is 63.3 Å². The van der Waals surface area contributed by atoms with E-state index in [1.54, 1.807) is 11.3 Å². The number of β-amino-alcohol motifs (C(OH)–C–C–N with tert-alkyl or cyclic N) is 1. The molecule has 1 fully saturated rings. The summed E-state index contributed by atoms with van der Waals surface area (Å²) < 4.78 is 0. The topological polar surface area (TPSA) is 112 Å². The number of aryl methyl sites for hydroxylation is 1. The van der Waals surface area contributed by atoms with Crippen molar-refractivity contribution in [2.75, 3.05) is 12.4 Å². The molecule has 10 heteroatoms. The van der Waals surface area contributed by atoms with Crippen LogP contribution in [0, 0.1) is 12.3 Å². The second-order valence-electron chi connectivity index (χ2n) is 11.7. The molecule has 3 atom stereocenters. The lowest BCUT2D eigenvalue weighted by Crippen LogP contribution is -2.57. The number of halogens is 1. The zero-order valence-electron chi connectivity index (χ0n) is 24.0. The second-order valence-corrected chi connectivity index (χ2v) is 12.9. The molecule has 3 N–H and O–H groups in total. The average molecular weight is 591 g/mol. The highest BCUT2D eigenvalue weighted by Gasteiger charge is 2.44. The molecule has 2 aromatic rings. The van der Waals surface area contributed by atoms with Crippen LogP contribution < -0.4 is 10.6 Å². The quantitative estimate of drug-likeness (QED) is 0.229. The number of rotatable bonds is 13. The van der Waals surface area contributed by atoms with E-state index in [2.05, 4.69) is 15.6 Å². The summed E-state index contributed by atoms with van der Waals surface area (Å²) >= 11 is 7.30. The number of likely N-dealkylation sites (tertiary alicyclic amines) is 1. The van der Waals surface area contributed by atoms with Gasteiger partial charge in [-0.25, -0.2) is 4.98 Å². The number of benzene rings is 1. The van der Waals surface area contributed by atoms with Crippen LogP contribution in [0.15, 0.2) is 29.8 Å². The van der Waals surface area contributed by atoms with Gasteiger partial charge in [-0.15, -0.1) is 22.9 Å². The molecule has 1 aliphatic heterocycles. The fourth-order valence-corrected chi connectivity index (χ4v) is 5.92. The van der Waals surface area contributed by atoms with Crippen LogP contribution >= 0.6 is 22.9 Å². The number of carbonyl (C=O) groups is 3. The molecular formula is C30H43ClN4O4S. The first-order chi connectivity index (χ1) is 19.0. The molecule has 0 radical (unpaired) electrons. The Kier molecular flexibility index (Phi) is 12.0. The molecule has 1 aromatic carbocycles. The molecule has 3 rings (SSSR count). The summed E-state index contributed by atoms with van der Waals surface area (Å²) in [6, 6.07) is 6.33. The molecule has 220 valence electrons. The number of amides is 3. The summed E-state index contributed by atoms with van der Waals surface area (Å²) in [6.45, 7) is 8.01. The number of nitrogens with zero attached hydrogens (tertiary/aromatic N) is 2. The predicted molar refractivity (Wildman–Crippen MR) is 160 cm³/mol. The molecule has 0 aliphatic carbocycles. The van der Waals surface area contributed by atoms with Crippen molar-refractivity contribution in [2.45, 2.75) is 97.4 Å². The van der Waals surface area contributed by atoms with Gasteiger partial charge in [-0.1, -0.05) is 64.3 Å². The van der Waals surface area contributed by atoms with Crippen molar-refractivity contribution < 1.29 is 19.5 Å². The van der Waals surface area contributed by atoms with Gasteiger partial charge in [0, 0.05) is 31.8 Å². The van der Waals surface area contributed by atoms with Gasteiger partial charge < -0.3 is 20.6 Å². The van der Waals surface area contributed by atoms with E-state index in [1.165, 1.54) is 4.90 Å². The minimum atomic E-state index is -0.806. The van der Waals surface area contributed by atoms with Crippen LogP contribution in [0.1, 0.15) is 77.0 Å². The standard InChI is InChI=1S/C30H43ClN4O4S/c1-20-26(40-19-33-20)22-13-11-21(12-14-22)17-32-28(38)24-16-23(36)18-35(24)29(39)27(30(2,3)4)34-25(37)10-8-6-5-7-9-15-31/h11-14,19,23-24,27,36H,5-10,15-18H2,1-4H3,(H,32,38)(H,34,37). The third kappa shape index (κ3) is 9.01. The molecule has 1 aromatic heterocycles. The van der Waals surface area contributed by atoms with Gasteiger partial charge >= 0.3 is 0 Å². The molecule has 3 unspecified atom stereocenters. The maximum atomic E-state index is 13.7. The first kappa shape index (κ1) is 32.0. The molecule has 0 bridgehead atoms. The van der Waals surface area contributed by atoms with Crippen molar-refractivity contribution in [1.82, 2.24) is 20.5 Å². The number of hydrogen-bond acceptors (Lipinski definition) is 6. The normalized spacial score (nSPS) is 18.0. The van der Waals surface area contributed by atoms with Gasteiger partial charge in [0.2, 0.25) is 17.7 Å². The van der Waals surface area contributed by atoms with E-state index in [-0.39, 0.29) is 30.7 Å². The van der Waals surface area contributed by atoms with Crippen LogP contribution in [-0.2, 0) is 20.9 Å². The predicted octanol–water partition coefficient (Wildman–Crippen LogP) is 4.81. The van der Waals surface area contributed by atoms with Crippen molar-refractivity contribution in [3.63, 3.8) is 0 Å². The molecular weight excluding hydrogens is 548 g/mol. The highest BCUT2D eigenvalue weighted by molar-refractivity contribution is 7.13. The number of aliphatic hydroxyl groups excluding tert-OH is 1. The summed E-state index contributed by atoms with van der Waals surface area (Å²) in [7, 11) is 0. The SMILES string of the molecule is Cc1ncsc1-c1ccc(CNC(=O)C2CC(O)CN2C(=O)C(NC(=O)CCCCCCCCl)C(C)(C)C)cc1. The van der Waals surface area contributed by atoms with Gasteiger partial charge in [0.15, 0.2) is 0 Å². The number of thiazole rings is 1. The van der Waals surface area contributed by atoms with E-state index in [4.69, 9.17) is 11.6 Å². The number of unbranched alkanes of at least 4 members (excludes halogenated alkanes) is 4. The molecule has 1 aliphatic rings. The van der Waals surface area contributed by atoms with Gasteiger partial charge in [-0.2, -0.15) is 0 Å². The van der Waals surface area contributed by atoms with E-state index >= 15 is 0 Å². The van der Waals surface area contributed by atoms with Crippen LogP contribution in [0.4, 0.5) is 0 Å². The van der Waals surface area contributed by atoms with Gasteiger partial charge in [0.25, 0.3) is 0 Å². The van der Waals surface area contributed by atoms with E-state index < -0.39 is 23.6 Å². The number of carbonyl (C=O) groups excluding carboxylic acids is 3. The molecule has 0 saturated carbocycles. The summed E-state index contributed by atoms with van der Waals surface area (Å²) in [5.74, 6) is -0.184. The number of aromatic nitrogens is 1. The van der Waals surface area contributed by atoms with Gasteiger partial charge in [0.05, 0.1) is 22.2 Å². The average Bonchev–Trinajstić information content (AvgIpc) is 3.52.